The van der Waals surface area contributed by atoms with Crippen molar-refractivity contribution < 1.29 is 14.7 Å². The van der Waals surface area contributed by atoms with Crippen LogP contribution in [0.3, 0.4) is 0 Å². The molecule has 1 atom stereocenters. The van der Waals surface area contributed by atoms with E-state index in [2.05, 4.69) is 6.08 Å². The van der Waals surface area contributed by atoms with Crippen LogP contribution in [0.15, 0.2) is 47.6 Å². The molecule has 0 saturated carbocycles. The van der Waals surface area contributed by atoms with Crippen molar-refractivity contribution in [3.63, 3.8) is 0 Å². The van der Waals surface area contributed by atoms with Crippen LogP contribution >= 0.6 is 0 Å². The third-order valence-electron chi connectivity index (χ3n) is 4.21. The van der Waals surface area contributed by atoms with Gasteiger partial charge in [0.2, 0.25) is 0 Å². The van der Waals surface area contributed by atoms with E-state index in [-0.39, 0.29) is 5.91 Å². The minimum absolute atomic E-state index is 0.0772. The summed E-state index contributed by atoms with van der Waals surface area (Å²) < 4.78 is 0. The first-order chi connectivity index (χ1) is 10.1. The third kappa shape index (κ3) is 2.37. The number of anilines is 1. The molecule has 3 rings (SSSR count). The van der Waals surface area contributed by atoms with E-state index in [0.717, 1.165) is 29.7 Å². The predicted octanol–water partition coefficient (Wildman–Crippen LogP) is 2.87. The Morgan fingerprint density at radius 2 is 1.86 bits per heavy atom. The van der Waals surface area contributed by atoms with Gasteiger partial charge in [-0.1, -0.05) is 24.3 Å². The zero-order chi connectivity index (χ0) is 15.0. The number of carbonyl (C=O) groups excluding carboxylic acids is 1. The van der Waals surface area contributed by atoms with E-state index >= 15 is 0 Å². The maximum Gasteiger partial charge on any atom is 0.310 e. The van der Waals surface area contributed by atoms with Gasteiger partial charge in [0.25, 0.3) is 5.91 Å². The Bertz CT molecular complexity index is 655. The Balaban J connectivity index is 1.80. The number of rotatable bonds is 3. The number of carbonyl (C=O) groups is 2. The summed E-state index contributed by atoms with van der Waals surface area (Å²) in [6.45, 7) is 2.30. The van der Waals surface area contributed by atoms with Gasteiger partial charge in [-0.15, -0.1) is 0 Å². The van der Waals surface area contributed by atoms with Crippen molar-refractivity contribution in [1.82, 2.24) is 0 Å². The van der Waals surface area contributed by atoms with Crippen molar-refractivity contribution in [2.45, 2.75) is 25.7 Å². The Morgan fingerprint density at radius 1 is 1.19 bits per heavy atom. The molecule has 0 aromatic heterocycles. The van der Waals surface area contributed by atoms with Crippen LogP contribution in [0.1, 0.15) is 31.2 Å². The molecule has 1 aliphatic heterocycles. The minimum Gasteiger partial charge on any atom is -0.481 e. The molecule has 1 aromatic rings. The maximum atomic E-state index is 12.4. The number of nitrogens with zero attached hydrogens (tertiary/aromatic N) is 1. The normalized spacial score (nSPS) is 18.9. The fourth-order valence-corrected chi connectivity index (χ4v) is 2.81. The minimum atomic E-state index is -0.844. The van der Waals surface area contributed by atoms with Crippen LogP contribution in [0.2, 0.25) is 0 Å². The molecule has 21 heavy (non-hydrogen) atoms. The third-order valence-corrected chi connectivity index (χ3v) is 4.21. The summed E-state index contributed by atoms with van der Waals surface area (Å²) >= 11 is 0. The molecular weight excluding hydrogens is 266 g/mol. The van der Waals surface area contributed by atoms with Gasteiger partial charge in [-0.3, -0.25) is 9.59 Å². The lowest BCUT2D eigenvalue weighted by atomic mass is 10.00. The highest BCUT2D eigenvalue weighted by Crippen LogP contribution is 2.32. The molecule has 0 fully saturated rings. The molecule has 1 unspecified atom stereocenters. The van der Waals surface area contributed by atoms with Crippen LogP contribution in [-0.2, 0) is 9.59 Å². The van der Waals surface area contributed by atoms with E-state index in [4.69, 9.17) is 5.11 Å². The zero-order valence-electron chi connectivity index (χ0n) is 11.9. The second kappa shape index (κ2) is 5.20. The summed E-state index contributed by atoms with van der Waals surface area (Å²) in [6, 6.07) is 7.24. The van der Waals surface area contributed by atoms with E-state index in [9.17, 15) is 9.59 Å². The smallest absolute Gasteiger partial charge is 0.310 e. The Kier molecular flexibility index (Phi) is 3.37. The number of carboxylic acid groups (broad SMARTS) is 1. The van der Waals surface area contributed by atoms with Gasteiger partial charge in [0.1, 0.15) is 0 Å². The van der Waals surface area contributed by atoms with Crippen LogP contribution in [0.5, 0.6) is 0 Å². The largest absolute Gasteiger partial charge is 0.481 e. The van der Waals surface area contributed by atoms with Crippen LogP contribution in [0, 0.1) is 0 Å². The molecule has 0 radical (unpaired) electrons. The first-order valence-electron chi connectivity index (χ1n) is 7.08. The topological polar surface area (TPSA) is 57.6 Å². The molecule has 0 saturated heterocycles. The van der Waals surface area contributed by atoms with Crippen molar-refractivity contribution in [2.75, 3.05) is 11.4 Å². The number of aliphatic carboxylic acids is 1. The van der Waals surface area contributed by atoms with Crippen LogP contribution < -0.4 is 4.90 Å². The number of hydrogen-bond donors (Lipinski definition) is 1. The van der Waals surface area contributed by atoms with Crippen LogP contribution in [-0.4, -0.2) is 23.5 Å². The lowest BCUT2D eigenvalue weighted by molar-refractivity contribution is -0.138. The molecule has 4 nitrogen and oxygen atoms in total. The number of hydrogen-bond acceptors (Lipinski definition) is 2. The molecule has 1 aromatic carbocycles. The molecule has 2 aliphatic rings. The maximum absolute atomic E-state index is 12.4. The van der Waals surface area contributed by atoms with E-state index in [1.165, 1.54) is 5.57 Å². The Labute approximate surface area is 123 Å². The summed E-state index contributed by atoms with van der Waals surface area (Å²) in [4.78, 5) is 25.2. The fraction of sp³-hybridized carbons (Fsp3) is 0.294. The standard InChI is InChI=1S/C17H17NO3/c1-11(17(20)21)12-6-8-14(9-7-12)18-10-13-4-2-3-5-15(13)16(18)19/h2-3,6-9,11H,4-5,10H2,1H3,(H,20,21). The van der Waals surface area contributed by atoms with E-state index in [1.54, 1.807) is 24.0 Å². The molecule has 108 valence electrons. The monoisotopic (exact) mass is 283 g/mol. The average Bonchev–Trinajstić information content (AvgIpc) is 2.84. The number of amides is 1. The summed E-state index contributed by atoms with van der Waals surface area (Å²) in [5, 5.41) is 9.02. The number of carboxylic acids is 1. The molecule has 4 heteroatoms. The first kappa shape index (κ1) is 13.6. The van der Waals surface area contributed by atoms with Crippen molar-refractivity contribution in [2.24, 2.45) is 0 Å². The molecular formula is C17H17NO3. The number of allylic oxidation sites excluding steroid dienone is 2. The van der Waals surface area contributed by atoms with Gasteiger partial charge >= 0.3 is 5.97 Å². The molecule has 1 aliphatic carbocycles. The van der Waals surface area contributed by atoms with Gasteiger partial charge in [-0.25, -0.2) is 0 Å². The van der Waals surface area contributed by atoms with Gasteiger partial charge < -0.3 is 10.0 Å². The Hall–Kier alpha value is -2.36. The predicted molar refractivity (Wildman–Crippen MR) is 80.2 cm³/mol. The van der Waals surface area contributed by atoms with E-state index in [1.807, 2.05) is 18.2 Å². The Morgan fingerprint density at radius 3 is 2.48 bits per heavy atom. The van der Waals surface area contributed by atoms with Gasteiger partial charge in [0, 0.05) is 17.8 Å². The van der Waals surface area contributed by atoms with Crippen LogP contribution in [0.4, 0.5) is 5.69 Å². The second-order valence-electron chi connectivity index (χ2n) is 5.50. The summed E-state index contributed by atoms with van der Waals surface area (Å²) in [5.41, 5.74) is 3.69. The molecule has 0 spiro atoms. The highest BCUT2D eigenvalue weighted by molar-refractivity contribution is 6.09. The molecule has 1 N–H and O–H groups in total. The zero-order valence-corrected chi connectivity index (χ0v) is 11.9. The number of benzene rings is 1. The van der Waals surface area contributed by atoms with Gasteiger partial charge in [0.05, 0.1) is 5.92 Å². The van der Waals surface area contributed by atoms with Crippen molar-refractivity contribution in [3.05, 3.63) is 53.1 Å². The molecule has 1 amide bonds. The van der Waals surface area contributed by atoms with Crippen molar-refractivity contribution in [1.29, 1.82) is 0 Å². The van der Waals surface area contributed by atoms with Crippen molar-refractivity contribution in [3.8, 4) is 0 Å². The highest BCUT2D eigenvalue weighted by atomic mass is 16.4. The van der Waals surface area contributed by atoms with Crippen LogP contribution in [0.25, 0.3) is 0 Å². The highest BCUT2D eigenvalue weighted by Gasteiger charge is 2.30. The SMILES string of the molecule is CC(C(=O)O)c1ccc(N2CC3=C(CC=CC3)C2=O)cc1. The van der Waals surface area contributed by atoms with E-state index < -0.39 is 11.9 Å². The quantitative estimate of drug-likeness (QED) is 0.868. The van der Waals surface area contributed by atoms with Gasteiger partial charge in [0.15, 0.2) is 0 Å². The summed E-state index contributed by atoms with van der Waals surface area (Å²) in [6.07, 6.45) is 5.72. The summed E-state index contributed by atoms with van der Waals surface area (Å²) in [7, 11) is 0. The molecule has 0 bridgehead atoms. The van der Waals surface area contributed by atoms with E-state index in [0.29, 0.717) is 6.54 Å². The molecule has 1 heterocycles. The fourth-order valence-electron chi connectivity index (χ4n) is 2.81. The van der Waals surface area contributed by atoms with Crippen molar-refractivity contribution >= 4 is 17.6 Å². The van der Waals surface area contributed by atoms with Gasteiger partial charge in [-0.05, 0) is 43.0 Å². The van der Waals surface area contributed by atoms with Gasteiger partial charge in [-0.2, -0.15) is 0 Å². The second-order valence-corrected chi connectivity index (χ2v) is 5.50. The lowest BCUT2D eigenvalue weighted by Crippen LogP contribution is -2.26. The average molecular weight is 283 g/mol. The summed E-state index contributed by atoms with van der Waals surface area (Å²) in [5.74, 6) is -1.31. The lowest BCUT2D eigenvalue weighted by Gasteiger charge is -2.18. The first-order valence-corrected chi connectivity index (χ1v) is 7.08.